The molecule has 9 heteroatoms. The molecule has 0 fully saturated rings. The van der Waals surface area contributed by atoms with Crippen molar-refractivity contribution in [3.05, 3.63) is 87.7 Å². The highest BCUT2D eigenvalue weighted by atomic mass is 16.6. The molecule has 0 unspecified atom stereocenters. The molecule has 0 aliphatic heterocycles. The summed E-state index contributed by atoms with van der Waals surface area (Å²) in [6.45, 7) is 1.91. The summed E-state index contributed by atoms with van der Waals surface area (Å²) < 4.78 is 1.73. The van der Waals surface area contributed by atoms with Crippen molar-refractivity contribution in [1.29, 1.82) is 0 Å². The zero-order valence-electron chi connectivity index (χ0n) is 14.2. The van der Waals surface area contributed by atoms with E-state index in [4.69, 9.17) is 0 Å². The predicted molar refractivity (Wildman–Crippen MR) is 96.3 cm³/mol. The molecule has 2 N–H and O–H groups in total. The molecule has 0 saturated carbocycles. The van der Waals surface area contributed by atoms with E-state index in [0.29, 0.717) is 5.56 Å². The van der Waals surface area contributed by atoms with Gasteiger partial charge in [-0.25, -0.2) is 4.68 Å². The number of nitrogens with one attached hydrogen (secondary N) is 2. The average molecular weight is 365 g/mol. The lowest BCUT2D eigenvalue weighted by Crippen LogP contribution is -2.41. The highest BCUT2D eigenvalue weighted by molar-refractivity contribution is 5.99. The Morgan fingerprint density at radius 2 is 1.67 bits per heavy atom. The Bertz CT molecular complexity index is 1010. The molecule has 0 bridgehead atoms. The van der Waals surface area contributed by atoms with Crippen molar-refractivity contribution >= 4 is 17.5 Å². The smallest absolute Gasteiger partial charge is 0.267 e. The van der Waals surface area contributed by atoms with Gasteiger partial charge in [0.1, 0.15) is 0 Å². The number of aryl methyl sites for hydroxylation is 1. The summed E-state index contributed by atoms with van der Waals surface area (Å²) in [6, 6.07) is 13.7. The summed E-state index contributed by atoms with van der Waals surface area (Å²) in [7, 11) is 0. The maximum Gasteiger partial charge on any atom is 0.270 e. The quantitative estimate of drug-likeness (QED) is 0.542. The Morgan fingerprint density at radius 3 is 2.26 bits per heavy atom. The van der Waals surface area contributed by atoms with Gasteiger partial charge in [0, 0.05) is 35.2 Å². The number of amides is 2. The van der Waals surface area contributed by atoms with E-state index >= 15 is 0 Å². The molecule has 0 radical (unpaired) electrons. The van der Waals surface area contributed by atoms with Gasteiger partial charge in [0.15, 0.2) is 0 Å². The Kier molecular flexibility index (Phi) is 4.93. The summed E-state index contributed by atoms with van der Waals surface area (Å²) in [4.78, 5) is 34.4. The van der Waals surface area contributed by atoms with Crippen LogP contribution >= 0.6 is 0 Å². The summed E-state index contributed by atoms with van der Waals surface area (Å²) in [5.74, 6) is -1.17. The SMILES string of the molecule is Cc1ccnn1-c1ccc(C(=O)NNC(=O)c2cccc([N+](=O)[O-])c2)cc1. The van der Waals surface area contributed by atoms with Crippen molar-refractivity contribution in [3.63, 3.8) is 0 Å². The number of carbonyl (C=O) groups is 2. The summed E-state index contributed by atoms with van der Waals surface area (Å²) in [5, 5.41) is 14.9. The first kappa shape index (κ1) is 17.8. The molecule has 3 aromatic rings. The van der Waals surface area contributed by atoms with E-state index < -0.39 is 16.7 Å². The van der Waals surface area contributed by atoms with Crippen LogP contribution in [0.25, 0.3) is 5.69 Å². The van der Waals surface area contributed by atoms with Crippen molar-refractivity contribution < 1.29 is 14.5 Å². The summed E-state index contributed by atoms with van der Waals surface area (Å²) in [5.41, 5.74) is 6.46. The normalized spacial score (nSPS) is 10.3. The largest absolute Gasteiger partial charge is 0.270 e. The fourth-order valence-corrected chi connectivity index (χ4v) is 2.41. The van der Waals surface area contributed by atoms with Gasteiger partial charge in [-0.05, 0) is 43.3 Å². The number of hydrogen-bond donors (Lipinski definition) is 2. The van der Waals surface area contributed by atoms with Gasteiger partial charge >= 0.3 is 0 Å². The van der Waals surface area contributed by atoms with Gasteiger partial charge in [0.05, 0.1) is 10.6 Å². The number of benzene rings is 2. The van der Waals surface area contributed by atoms with E-state index in [2.05, 4.69) is 16.0 Å². The van der Waals surface area contributed by atoms with Crippen LogP contribution in [0.4, 0.5) is 5.69 Å². The minimum Gasteiger partial charge on any atom is -0.267 e. The third-order valence-electron chi connectivity index (χ3n) is 3.81. The van der Waals surface area contributed by atoms with Crippen LogP contribution in [-0.4, -0.2) is 26.5 Å². The van der Waals surface area contributed by atoms with Gasteiger partial charge in [-0.3, -0.25) is 30.6 Å². The molecule has 27 heavy (non-hydrogen) atoms. The average Bonchev–Trinajstić information content (AvgIpc) is 3.12. The van der Waals surface area contributed by atoms with E-state index in [0.717, 1.165) is 17.4 Å². The molecule has 1 heterocycles. The second-order valence-corrected chi connectivity index (χ2v) is 5.65. The first-order valence-corrected chi connectivity index (χ1v) is 7.92. The molecule has 0 saturated heterocycles. The van der Waals surface area contributed by atoms with Crippen LogP contribution in [0.15, 0.2) is 60.8 Å². The predicted octanol–water partition coefficient (Wildman–Crippen LogP) is 2.16. The van der Waals surface area contributed by atoms with Crippen LogP contribution in [0.1, 0.15) is 26.4 Å². The summed E-state index contributed by atoms with van der Waals surface area (Å²) in [6.07, 6.45) is 1.68. The van der Waals surface area contributed by atoms with Crippen LogP contribution in [0, 0.1) is 17.0 Å². The van der Waals surface area contributed by atoms with Gasteiger partial charge in [0.2, 0.25) is 0 Å². The highest BCUT2D eigenvalue weighted by Crippen LogP contribution is 2.13. The lowest BCUT2D eigenvalue weighted by atomic mass is 10.2. The minimum absolute atomic E-state index is 0.0639. The fraction of sp³-hybridized carbons (Fsp3) is 0.0556. The Balaban J connectivity index is 1.64. The van der Waals surface area contributed by atoms with Crippen LogP contribution in [0.3, 0.4) is 0 Å². The van der Waals surface area contributed by atoms with Crippen molar-refractivity contribution in [1.82, 2.24) is 20.6 Å². The monoisotopic (exact) mass is 365 g/mol. The van der Waals surface area contributed by atoms with Crippen molar-refractivity contribution in [2.45, 2.75) is 6.92 Å². The molecule has 0 aliphatic carbocycles. The van der Waals surface area contributed by atoms with E-state index in [1.807, 2.05) is 13.0 Å². The van der Waals surface area contributed by atoms with Gasteiger partial charge in [-0.2, -0.15) is 5.10 Å². The number of hydrogen-bond acceptors (Lipinski definition) is 5. The number of nitro groups is 1. The maximum absolute atomic E-state index is 12.2. The van der Waals surface area contributed by atoms with Crippen molar-refractivity contribution in [3.8, 4) is 5.69 Å². The maximum atomic E-state index is 12.2. The van der Waals surface area contributed by atoms with Gasteiger partial charge in [-0.1, -0.05) is 6.07 Å². The first-order chi connectivity index (χ1) is 13.0. The van der Waals surface area contributed by atoms with E-state index in [-0.39, 0.29) is 11.3 Å². The molecule has 0 atom stereocenters. The standard InChI is InChI=1S/C18H15N5O4/c1-12-9-10-19-22(12)15-7-5-13(6-8-15)17(24)20-21-18(25)14-3-2-4-16(11-14)23(26)27/h2-11H,1H3,(H,20,24)(H,21,25). The molecule has 9 nitrogen and oxygen atoms in total. The highest BCUT2D eigenvalue weighted by Gasteiger charge is 2.13. The number of nitro benzene ring substituents is 1. The zero-order chi connectivity index (χ0) is 19.4. The number of aromatic nitrogens is 2. The van der Waals surface area contributed by atoms with Crippen LogP contribution < -0.4 is 10.9 Å². The van der Waals surface area contributed by atoms with Gasteiger partial charge in [0.25, 0.3) is 17.5 Å². The molecule has 3 rings (SSSR count). The van der Waals surface area contributed by atoms with Gasteiger partial charge in [-0.15, -0.1) is 0 Å². The molecular weight excluding hydrogens is 350 g/mol. The number of nitrogens with zero attached hydrogens (tertiary/aromatic N) is 3. The second-order valence-electron chi connectivity index (χ2n) is 5.65. The zero-order valence-corrected chi connectivity index (χ0v) is 14.2. The van der Waals surface area contributed by atoms with Crippen LogP contribution in [0.5, 0.6) is 0 Å². The summed E-state index contributed by atoms with van der Waals surface area (Å²) >= 11 is 0. The Labute approximate surface area is 153 Å². The van der Waals surface area contributed by atoms with E-state index in [1.165, 1.54) is 18.2 Å². The van der Waals surface area contributed by atoms with Gasteiger partial charge < -0.3 is 0 Å². The lowest BCUT2D eigenvalue weighted by Gasteiger charge is -2.09. The van der Waals surface area contributed by atoms with Crippen LogP contribution in [-0.2, 0) is 0 Å². The first-order valence-electron chi connectivity index (χ1n) is 7.92. The molecular formula is C18H15N5O4. The second kappa shape index (κ2) is 7.48. The minimum atomic E-state index is -0.657. The molecule has 2 amide bonds. The molecule has 0 aliphatic rings. The molecule has 1 aromatic heterocycles. The lowest BCUT2D eigenvalue weighted by molar-refractivity contribution is -0.384. The van der Waals surface area contributed by atoms with Crippen LogP contribution in [0.2, 0.25) is 0 Å². The fourth-order valence-electron chi connectivity index (χ4n) is 2.41. The molecule has 136 valence electrons. The topological polar surface area (TPSA) is 119 Å². The third kappa shape index (κ3) is 3.98. The third-order valence-corrected chi connectivity index (χ3v) is 3.81. The Hall–Kier alpha value is -4.01. The molecule has 0 spiro atoms. The van der Waals surface area contributed by atoms with E-state index in [1.54, 1.807) is 35.1 Å². The van der Waals surface area contributed by atoms with Crippen molar-refractivity contribution in [2.24, 2.45) is 0 Å². The number of carbonyl (C=O) groups excluding carboxylic acids is 2. The van der Waals surface area contributed by atoms with Crippen molar-refractivity contribution in [2.75, 3.05) is 0 Å². The van der Waals surface area contributed by atoms with E-state index in [9.17, 15) is 19.7 Å². The Morgan fingerprint density at radius 1 is 1.00 bits per heavy atom. The number of hydrazine groups is 1. The number of non-ortho nitro benzene ring substituents is 1. The number of rotatable bonds is 4. The molecule has 2 aromatic carbocycles.